The van der Waals surface area contributed by atoms with Crippen molar-refractivity contribution in [3.8, 4) is 6.07 Å². The van der Waals surface area contributed by atoms with Gasteiger partial charge in [-0.1, -0.05) is 0 Å². The second-order valence-corrected chi connectivity index (χ2v) is 3.76. The number of nitrogens with zero attached hydrogens (tertiary/aromatic N) is 3. The van der Waals surface area contributed by atoms with E-state index in [1.165, 1.54) is 0 Å². The molecular formula is C9H12N4. The maximum Gasteiger partial charge on any atom is 0.0822 e. The average molecular weight is 176 g/mol. The first-order chi connectivity index (χ1) is 6.15. The Morgan fingerprint density at radius 1 is 1.77 bits per heavy atom. The van der Waals surface area contributed by atoms with Gasteiger partial charge in [0.25, 0.3) is 0 Å². The van der Waals surface area contributed by atoms with Crippen molar-refractivity contribution in [2.24, 2.45) is 5.41 Å². The molecule has 1 aromatic heterocycles. The summed E-state index contributed by atoms with van der Waals surface area (Å²) in [6.07, 6.45) is 3.78. The minimum absolute atomic E-state index is 0.148. The van der Waals surface area contributed by atoms with Gasteiger partial charge in [-0.05, 0) is 19.8 Å². The largest absolute Gasteiger partial charge is 0.396 e. The van der Waals surface area contributed by atoms with E-state index in [1.54, 1.807) is 10.9 Å². The van der Waals surface area contributed by atoms with E-state index in [2.05, 4.69) is 11.2 Å². The van der Waals surface area contributed by atoms with Gasteiger partial charge >= 0.3 is 0 Å². The Hall–Kier alpha value is -1.50. The highest BCUT2D eigenvalue weighted by Crippen LogP contribution is 2.46. The van der Waals surface area contributed by atoms with Crippen LogP contribution in [0.1, 0.15) is 18.5 Å². The molecule has 1 saturated carbocycles. The highest BCUT2D eigenvalue weighted by atomic mass is 15.3. The van der Waals surface area contributed by atoms with E-state index >= 15 is 0 Å². The topological polar surface area (TPSA) is 67.6 Å². The van der Waals surface area contributed by atoms with Gasteiger partial charge in [0.2, 0.25) is 0 Å². The highest BCUT2D eigenvalue weighted by molar-refractivity contribution is 5.39. The van der Waals surface area contributed by atoms with Crippen molar-refractivity contribution in [2.75, 3.05) is 5.73 Å². The van der Waals surface area contributed by atoms with Crippen molar-refractivity contribution < 1.29 is 0 Å². The minimum Gasteiger partial charge on any atom is -0.396 e. The third-order valence-electron chi connectivity index (χ3n) is 2.54. The van der Waals surface area contributed by atoms with Crippen LogP contribution in [0.4, 0.5) is 5.69 Å². The van der Waals surface area contributed by atoms with Gasteiger partial charge in [0, 0.05) is 6.20 Å². The molecule has 2 N–H and O–H groups in total. The normalized spacial score (nSPS) is 18.2. The quantitative estimate of drug-likeness (QED) is 0.733. The van der Waals surface area contributed by atoms with Gasteiger partial charge < -0.3 is 5.73 Å². The van der Waals surface area contributed by atoms with E-state index in [0.29, 0.717) is 12.2 Å². The lowest BCUT2D eigenvalue weighted by molar-refractivity contribution is 0.484. The van der Waals surface area contributed by atoms with Crippen LogP contribution in [0.3, 0.4) is 0 Å². The number of hydrogen-bond donors (Lipinski definition) is 1. The number of hydrogen-bond acceptors (Lipinski definition) is 3. The molecule has 0 amide bonds. The van der Waals surface area contributed by atoms with Crippen molar-refractivity contribution in [2.45, 2.75) is 26.3 Å². The van der Waals surface area contributed by atoms with Gasteiger partial charge in [-0.15, -0.1) is 0 Å². The summed E-state index contributed by atoms with van der Waals surface area (Å²) in [4.78, 5) is 0. The molecule has 0 unspecified atom stereocenters. The van der Waals surface area contributed by atoms with Crippen molar-refractivity contribution in [1.82, 2.24) is 9.78 Å². The van der Waals surface area contributed by atoms with Crippen molar-refractivity contribution in [1.29, 1.82) is 5.26 Å². The molecule has 4 heteroatoms. The first-order valence-electron chi connectivity index (χ1n) is 4.36. The predicted octanol–water partition coefficient (Wildman–Crippen LogP) is 1.08. The molecule has 0 radical (unpaired) electrons. The Kier molecular flexibility index (Phi) is 1.56. The monoisotopic (exact) mass is 176 g/mol. The van der Waals surface area contributed by atoms with E-state index in [0.717, 1.165) is 18.5 Å². The van der Waals surface area contributed by atoms with E-state index in [1.807, 2.05) is 6.92 Å². The summed E-state index contributed by atoms with van der Waals surface area (Å²) in [6.45, 7) is 2.55. The molecule has 1 aromatic rings. The minimum atomic E-state index is -0.148. The molecule has 1 heterocycles. The van der Waals surface area contributed by atoms with Crippen molar-refractivity contribution in [3.63, 3.8) is 0 Å². The maximum atomic E-state index is 8.87. The standard InChI is InChI=1S/C9H12N4/c1-7-8(11)4-13(12-7)6-9(5-10)2-3-9/h4H,2-3,6,11H2,1H3. The van der Waals surface area contributed by atoms with Gasteiger partial charge in [-0.2, -0.15) is 10.4 Å². The second-order valence-electron chi connectivity index (χ2n) is 3.76. The molecule has 1 fully saturated rings. The fraction of sp³-hybridized carbons (Fsp3) is 0.556. The first-order valence-corrected chi connectivity index (χ1v) is 4.36. The van der Waals surface area contributed by atoms with Crippen LogP contribution in [0.15, 0.2) is 6.20 Å². The van der Waals surface area contributed by atoms with Crippen LogP contribution in [-0.2, 0) is 6.54 Å². The maximum absolute atomic E-state index is 8.87. The fourth-order valence-corrected chi connectivity index (χ4v) is 1.38. The lowest BCUT2D eigenvalue weighted by atomic mass is 10.1. The Balaban J connectivity index is 2.15. The summed E-state index contributed by atoms with van der Waals surface area (Å²) in [6, 6.07) is 2.33. The van der Waals surface area contributed by atoms with Crippen LogP contribution < -0.4 is 5.73 Å². The highest BCUT2D eigenvalue weighted by Gasteiger charge is 2.43. The number of aromatic nitrogens is 2. The van der Waals surface area contributed by atoms with Crippen molar-refractivity contribution in [3.05, 3.63) is 11.9 Å². The van der Waals surface area contributed by atoms with E-state index in [-0.39, 0.29) is 5.41 Å². The fourth-order valence-electron chi connectivity index (χ4n) is 1.38. The van der Waals surface area contributed by atoms with Crippen molar-refractivity contribution >= 4 is 5.69 Å². The molecule has 0 spiro atoms. The smallest absolute Gasteiger partial charge is 0.0822 e. The SMILES string of the molecule is Cc1nn(CC2(C#N)CC2)cc1N. The molecule has 2 rings (SSSR count). The van der Waals surface area contributed by atoms with Crippen LogP contribution in [0.25, 0.3) is 0 Å². The zero-order chi connectivity index (χ0) is 9.47. The zero-order valence-electron chi connectivity index (χ0n) is 7.62. The summed E-state index contributed by atoms with van der Waals surface area (Å²) < 4.78 is 1.78. The number of nitriles is 1. The third-order valence-corrected chi connectivity index (χ3v) is 2.54. The van der Waals surface area contributed by atoms with Crippen LogP contribution in [0.5, 0.6) is 0 Å². The van der Waals surface area contributed by atoms with Gasteiger partial charge in [0.15, 0.2) is 0 Å². The molecule has 1 aliphatic carbocycles. The summed E-state index contributed by atoms with van der Waals surface area (Å²) in [7, 11) is 0. The summed E-state index contributed by atoms with van der Waals surface area (Å²) in [5.41, 5.74) is 7.05. The zero-order valence-corrected chi connectivity index (χ0v) is 7.62. The van der Waals surface area contributed by atoms with Crippen LogP contribution in [0, 0.1) is 23.7 Å². The van der Waals surface area contributed by atoms with Gasteiger partial charge in [0.05, 0.1) is 29.4 Å². The number of nitrogen functional groups attached to an aromatic ring is 1. The van der Waals surface area contributed by atoms with Crippen LogP contribution >= 0.6 is 0 Å². The summed E-state index contributed by atoms with van der Waals surface area (Å²) in [5, 5.41) is 13.1. The van der Waals surface area contributed by atoms with E-state index in [4.69, 9.17) is 11.0 Å². The number of anilines is 1. The molecule has 0 saturated heterocycles. The van der Waals surface area contributed by atoms with Crippen LogP contribution in [0.2, 0.25) is 0 Å². The second kappa shape index (κ2) is 2.49. The molecular weight excluding hydrogens is 164 g/mol. The number of rotatable bonds is 2. The molecule has 0 aromatic carbocycles. The molecule has 13 heavy (non-hydrogen) atoms. The predicted molar refractivity (Wildman–Crippen MR) is 48.7 cm³/mol. The number of aryl methyl sites for hydroxylation is 1. The molecule has 0 aliphatic heterocycles. The molecule has 0 bridgehead atoms. The Bertz CT molecular complexity index is 348. The van der Waals surface area contributed by atoms with Gasteiger partial charge in [0.1, 0.15) is 0 Å². The van der Waals surface area contributed by atoms with Crippen LogP contribution in [-0.4, -0.2) is 9.78 Å². The summed E-state index contributed by atoms with van der Waals surface area (Å²) >= 11 is 0. The Labute approximate surface area is 77.0 Å². The lowest BCUT2D eigenvalue weighted by Gasteiger charge is -2.04. The molecule has 1 aliphatic rings. The molecule has 4 nitrogen and oxygen atoms in total. The van der Waals surface area contributed by atoms with Gasteiger partial charge in [-0.25, -0.2) is 0 Å². The third kappa shape index (κ3) is 1.37. The average Bonchev–Trinajstić information content (AvgIpc) is 2.78. The number of nitrogens with two attached hydrogens (primary N) is 1. The molecule has 0 atom stereocenters. The van der Waals surface area contributed by atoms with E-state index < -0.39 is 0 Å². The Morgan fingerprint density at radius 2 is 2.46 bits per heavy atom. The van der Waals surface area contributed by atoms with Gasteiger partial charge in [-0.3, -0.25) is 4.68 Å². The first kappa shape index (κ1) is 8.11. The Morgan fingerprint density at radius 3 is 2.85 bits per heavy atom. The summed E-state index contributed by atoms with van der Waals surface area (Å²) in [5.74, 6) is 0. The molecule has 68 valence electrons. The lowest BCUT2D eigenvalue weighted by Crippen LogP contribution is -2.10. The van der Waals surface area contributed by atoms with E-state index in [9.17, 15) is 0 Å².